The van der Waals surface area contributed by atoms with Crippen LogP contribution in [0.5, 0.6) is 0 Å². The SMILES string of the molecule is NC(CS)C(=O)NCC(=O)NC(CO)C(=O)O. The van der Waals surface area contributed by atoms with E-state index in [9.17, 15) is 14.4 Å². The zero-order valence-electron chi connectivity index (χ0n) is 8.92. The molecule has 9 heteroatoms. The van der Waals surface area contributed by atoms with Crippen LogP contribution in [0.2, 0.25) is 0 Å². The number of carboxylic acids is 1. The first kappa shape index (κ1) is 15.7. The van der Waals surface area contributed by atoms with Crippen molar-refractivity contribution in [1.29, 1.82) is 0 Å². The highest BCUT2D eigenvalue weighted by Gasteiger charge is 2.19. The highest BCUT2D eigenvalue weighted by Crippen LogP contribution is 1.84. The van der Waals surface area contributed by atoms with Gasteiger partial charge in [-0.1, -0.05) is 0 Å². The second-order valence-corrected chi connectivity index (χ2v) is 3.51. The molecule has 2 unspecified atom stereocenters. The van der Waals surface area contributed by atoms with Crippen molar-refractivity contribution < 1.29 is 24.6 Å². The summed E-state index contributed by atoms with van der Waals surface area (Å²) < 4.78 is 0. The highest BCUT2D eigenvalue weighted by molar-refractivity contribution is 7.80. The molecule has 0 fully saturated rings. The first-order valence-electron chi connectivity index (χ1n) is 4.69. The fraction of sp³-hybridized carbons (Fsp3) is 0.625. The van der Waals surface area contributed by atoms with Gasteiger partial charge in [0.2, 0.25) is 11.8 Å². The van der Waals surface area contributed by atoms with Gasteiger partial charge >= 0.3 is 5.97 Å². The van der Waals surface area contributed by atoms with Crippen molar-refractivity contribution in [3.05, 3.63) is 0 Å². The molecule has 0 aromatic heterocycles. The molecule has 0 aliphatic rings. The molecule has 0 radical (unpaired) electrons. The molecule has 0 heterocycles. The van der Waals surface area contributed by atoms with E-state index in [1.54, 1.807) is 0 Å². The van der Waals surface area contributed by atoms with Crippen LogP contribution < -0.4 is 16.4 Å². The van der Waals surface area contributed by atoms with E-state index < -0.39 is 43.0 Å². The summed E-state index contributed by atoms with van der Waals surface area (Å²) in [7, 11) is 0. The Balaban J connectivity index is 4.03. The summed E-state index contributed by atoms with van der Waals surface area (Å²) in [4.78, 5) is 32.8. The molecule has 17 heavy (non-hydrogen) atoms. The topological polar surface area (TPSA) is 142 Å². The molecular formula is C8H15N3O5S. The van der Waals surface area contributed by atoms with Gasteiger partial charge in [-0.3, -0.25) is 9.59 Å². The van der Waals surface area contributed by atoms with E-state index in [2.05, 4.69) is 17.9 Å². The van der Waals surface area contributed by atoms with E-state index in [0.29, 0.717) is 0 Å². The lowest BCUT2D eigenvalue weighted by Crippen LogP contribution is -2.49. The summed E-state index contributed by atoms with van der Waals surface area (Å²) in [6.45, 7) is -1.14. The number of carboxylic acid groups (broad SMARTS) is 1. The van der Waals surface area contributed by atoms with Crippen molar-refractivity contribution in [2.75, 3.05) is 18.9 Å². The standard InChI is InChI=1S/C8H15N3O5S/c9-4(3-17)7(14)10-1-6(13)11-5(2-12)8(15)16/h4-5,12,17H,1-3,9H2,(H,10,14)(H,11,13)(H,15,16). The van der Waals surface area contributed by atoms with Gasteiger partial charge in [0.05, 0.1) is 19.2 Å². The van der Waals surface area contributed by atoms with E-state index in [4.69, 9.17) is 15.9 Å². The molecule has 0 aliphatic carbocycles. The fourth-order valence-corrected chi connectivity index (χ4v) is 0.978. The minimum absolute atomic E-state index is 0.127. The molecule has 2 amide bonds. The van der Waals surface area contributed by atoms with Crippen LogP contribution in [-0.2, 0) is 14.4 Å². The van der Waals surface area contributed by atoms with Crippen molar-refractivity contribution in [2.45, 2.75) is 12.1 Å². The summed E-state index contributed by atoms with van der Waals surface area (Å²) >= 11 is 3.80. The van der Waals surface area contributed by atoms with Crippen LogP contribution in [0.3, 0.4) is 0 Å². The quantitative estimate of drug-likeness (QED) is 0.270. The molecule has 0 rings (SSSR count). The molecule has 98 valence electrons. The molecule has 0 spiro atoms. The number of thiol groups is 1. The number of nitrogens with one attached hydrogen (secondary N) is 2. The Morgan fingerprint density at radius 1 is 1.35 bits per heavy atom. The Hall–Kier alpha value is -1.32. The van der Waals surface area contributed by atoms with Gasteiger partial charge in [-0.25, -0.2) is 4.79 Å². The van der Waals surface area contributed by atoms with E-state index in [0.717, 1.165) is 0 Å². The van der Waals surface area contributed by atoms with E-state index in [-0.39, 0.29) is 5.75 Å². The smallest absolute Gasteiger partial charge is 0.328 e. The second kappa shape index (κ2) is 7.87. The molecular weight excluding hydrogens is 250 g/mol. The second-order valence-electron chi connectivity index (χ2n) is 3.15. The Morgan fingerprint density at radius 2 is 1.94 bits per heavy atom. The number of aliphatic carboxylic acids is 1. The van der Waals surface area contributed by atoms with Gasteiger partial charge in [-0.05, 0) is 0 Å². The summed E-state index contributed by atoms with van der Waals surface area (Å²) in [5.74, 6) is -2.53. The lowest BCUT2D eigenvalue weighted by molar-refractivity contribution is -0.142. The van der Waals surface area contributed by atoms with Gasteiger partial charge < -0.3 is 26.6 Å². The summed E-state index contributed by atoms with van der Waals surface area (Å²) in [6, 6.07) is -2.22. The number of carbonyl (C=O) groups is 3. The first-order chi connectivity index (χ1) is 7.92. The van der Waals surface area contributed by atoms with Crippen LogP contribution >= 0.6 is 12.6 Å². The van der Waals surface area contributed by atoms with Crippen molar-refractivity contribution in [2.24, 2.45) is 5.73 Å². The van der Waals surface area contributed by atoms with Crippen molar-refractivity contribution in [3.63, 3.8) is 0 Å². The van der Waals surface area contributed by atoms with Crippen LogP contribution in [0, 0.1) is 0 Å². The number of rotatable bonds is 7. The zero-order valence-corrected chi connectivity index (χ0v) is 9.81. The Labute approximate surface area is 103 Å². The van der Waals surface area contributed by atoms with Crippen LogP contribution in [0.1, 0.15) is 0 Å². The summed E-state index contributed by atoms with van der Waals surface area (Å²) in [6.07, 6.45) is 0. The minimum Gasteiger partial charge on any atom is -0.480 e. The first-order valence-corrected chi connectivity index (χ1v) is 5.32. The van der Waals surface area contributed by atoms with E-state index in [1.165, 1.54) is 0 Å². The summed E-state index contributed by atoms with van der Waals surface area (Å²) in [5, 5.41) is 21.4. The third-order valence-corrected chi connectivity index (χ3v) is 2.17. The van der Waals surface area contributed by atoms with Gasteiger partial charge in [-0.15, -0.1) is 0 Å². The molecule has 6 N–H and O–H groups in total. The predicted molar refractivity (Wildman–Crippen MR) is 61.5 cm³/mol. The highest BCUT2D eigenvalue weighted by atomic mass is 32.1. The van der Waals surface area contributed by atoms with Crippen molar-refractivity contribution in [1.82, 2.24) is 10.6 Å². The zero-order chi connectivity index (χ0) is 13.4. The van der Waals surface area contributed by atoms with Crippen LogP contribution in [0.15, 0.2) is 0 Å². The molecule has 0 aromatic rings. The van der Waals surface area contributed by atoms with Gasteiger partial charge in [-0.2, -0.15) is 12.6 Å². The predicted octanol–water partition coefficient (Wildman–Crippen LogP) is -3.08. The normalized spacial score (nSPS) is 13.6. The summed E-state index contributed by atoms with van der Waals surface area (Å²) in [5.41, 5.74) is 5.32. The number of amides is 2. The van der Waals surface area contributed by atoms with Gasteiger partial charge in [0.15, 0.2) is 0 Å². The molecule has 0 saturated carbocycles. The maximum Gasteiger partial charge on any atom is 0.328 e. The Kier molecular flexibility index (Phi) is 7.26. The average Bonchev–Trinajstić information content (AvgIpc) is 2.31. The van der Waals surface area contributed by atoms with Crippen LogP contribution in [0.4, 0.5) is 0 Å². The molecule has 2 atom stereocenters. The van der Waals surface area contributed by atoms with Gasteiger partial charge in [0.25, 0.3) is 0 Å². The number of aliphatic hydroxyl groups is 1. The molecule has 0 aliphatic heterocycles. The van der Waals surface area contributed by atoms with E-state index in [1.807, 2.05) is 5.32 Å². The maximum atomic E-state index is 11.2. The van der Waals surface area contributed by atoms with Crippen LogP contribution in [0.25, 0.3) is 0 Å². The Morgan fingerprint density at radius 3 is 2.35 bits per heavy atom. The van der Waals surface area contributed by atoms with Gasteiger partial charge in [0, 0.05) is 5.75 Å². The van der Waals surface area contributed by atoms with Gasteiger partial charge in [0.1, 0.15) is 6.04 Å². The maximum absolute atomic E-state index is 11.2. The molecule has 0 bridgehead atoms. The van der Waals surface area contributed by atoms with E-state index >= 15 is 0 Å². The monoisotopic (exact) mass is 265 g/mol. The third-order valence-electron chi connectivity index (χ3n) is 1.77. The number of hydrogen-bond acceptors (Lipinski definition) is 6. The average molecular weight is 265 g/mol. The lowest BCUT2D eigenvalue weighted by atomic mass is 10.3. The lowest BCUT2D eigenvalue weighted by Gasteiger charge is -2.13. The number of carbonyl (C=O) groups excluding carboxylic acids is 2. The number of aliphatic hydroxyl groups excluding tert-OH is 1. The van der Waals surface area contributed by atoms with Crippen molar-refractivity contribution >= 4 is 30.4 Å². The minimum atomic E-state index is -1.39. The number of hydrogen-bond donors (Lipinski definition) is 6. The molecule has 8 nitrogen and oxygen atoms in total. The molecule has 0 saturated heterocycles. The Bertz CT molecular complexity index is 299. The van der Waals surface area contributed by atoms with Crippen molar-refractivity contribution in [3.8, 4) is 0 Å². The third kappa shape index (κ3) is 6.09. The van der Waals surface area contributed by atoms with Crippen LogP contribution in [-0.4, -0.2) is 59.0 Å². The number of nitrogens with two attached hydrogens (primary N) is 1. The molecule has 0 aromatic carbocycles. The fourth-order valence-electron chi connectivity index (χ4n) is 0.812. The largest absolute Gasteiger partial charge is 0.480 e.